The van der Waals surface area contributed by atoms with Gasteiger partial charge < -0.3 is 14.8 Å². The maximum atomic E-state index is 12.4. The topological polar surface area (TPSA) is 107 Å². The molecule has 1 atom stereocenters. The third kappa shape index (κ3) is 11.2. The molecule has 0 aliphatic carbocycles. The van der Waals surface area contributed by atoms with E-state index >= 15 is 0 Å². The first-order valence-electron chi connectivity index (χ1n) is 7.40. The van der Waals surface area contributed by atoms with Gasteiger partial charge in [-0.25, -0.2) is 0 Å². The molecule has 0 unspecified atom stereocenters. The molecule has 0 spiro atoms. The zero-order valence-corrected chi connectivity index (χ0v) is 16.6. The number of methoxy groups -OCH3 is 1. The van der Waals surface area contributed by atoms with Crippen molar-refractivity contribution < 1.29 is 45.6 Å². The Morgan fingerprint density at radius 3 is 2.00 bits per heavy atom. The maximum Gasteiger partial charge on any atom is 0 e. The minimum Gasteiger partial charge on any atom is 0 e. The first kappa shape index (κ1) is 30.2. The van der Waals surface area contributed by atoms with Gasteiger partial charge in [0.2, 0.25) is 0 Å². The van der Waals surface area contributed by atoms with Crippen LogP contribution < -0.4 is 10.1 Å². The average Bonchev–Trinajstić information content (AvgIpc) is 2.77. The van der Waals surface area contributed by atoms with Crippen LogP contribution >= 0.6 is 0 Å². The van der Waals surface area contributed by atoms with E-state index in [-0.39, 0.29) is 36.1 Å². The van der Waals surface area contributed by atoms with Gasteiger partial charge in [-0.15, -0.1) is 0 Å². The van der Waals surface area contributed by atoms with Crippen molar-refractivity contribution in [3.05, 3.63) is 85.7 Å². The summed E-state index contributed by atoms with van der Waals surface area (Å²) in [5.74, 6) is 0.343. The smallest absolute Gasteiger partial charge is 0 e. The van der Waals surface area contributed by atoms with E-state index in [1.165, 1.54) is 0 Å². The van der Waals surface area contributed by atoms with Crippen LogP contribution in [0, 0.1) is 20.0 Å². The SMILES string of the molecule is COCOc1ccccc1C(=O)N[C@H](C)c1ccccc1.[C-]#[O+].[C-]#[O+].[C-]#[O+].[Cr]. The van der Waals surface area contributed by atoms with Gasteiger partial charge in [-0.1, -0.05) is 42.5 Å². The summed E-state index contributed by atoms with van der Waals surface area (Å²) in [7, 11) is 1.54. The first-order chi connectivity index (χ1) is 13.2. The Kier molecular flexibility index (Phi) is 22.3. The predicted octanol–water partition coefficient (Wildman–Crippen LogP) is 3.05. The molecule has 0 fully saturated rings. The fourth-order valence-electron chi connectivity index (χ4n) is 2.00. The van der Waals surface area contributed by atoms with E-state index < -0.39 is 0 Å². The van der Waals surface area contributed by atoms with Crippen LogP contribution in [-0.2, 0) is 36.1 Å². The van der Waals surface area contributed by atoms with Gasteiger partial charge in [0.05, 0.1) is 11.6 Å². The molecule has 2 aromatic rings. The number of nitrogens with one attached hydrogen (secondary N) is 1. The second-order valence-electron chi connectivity index (χ2n) is 4.65. The summed E-state index contributed by atoms with van der Waals surface area (Å²) in [6.45, 7) is 15.6. The molecule has 1 amide bonds. The number of benzene rings is 2. The minimum atomic E-state index is -0.168. The fourth-order valence-corrected chi connectivity index (χ4v) is 2.00. The largest absolute Gasteiger partial charge is 0 e. The molecule has 0 aliphatic heterocycles. The number of carbonyl (C=O) groups is 1. The van der Waals surface area contributed by atoms with Crippen LogP contribution in [-0.4, -0.2) is 19.8 Å². The number of amides is 1. The maximum absolute atomic E-state index is 12.4. The van der Waals surface area contributed by atoms with Gasteiger partial charge in [0.1, 0.15) is 5.75 Å². The molecule has 0 heterocycles. The Balaban J connectivity index is -0.000000815. The molecule has 0 saturated heterocycles. The van der Waals surface area contributed by atoms with Crippen LogP contribution in [0.15, 0.2) is 54.6 Å². The van der Waals surface area contributed by atoms with E-state index in [1.807, 2.05) is 49.4 Å². The molecule has 0 bridgehead atoms. The molecule has 146 valence electrons. The summed E-state index contributed by atoms with van der Waals surface area (Å²) >= 11 is 0. The Labute approximate surface area is 175 Å². The summed E-state index contributed by atoms with van der Waals surface area (Å²) in [5.41, 5.74) is 1.55. The minimum absolute atomic E-state index is 0. The molecule has 28 heavy (non-hydrogen) atoms. The molecule has 0 aromatic heterocycles. The normalized spacial score (nSPS) is 9.00. The van der Waals surface area contributed by atoms with E-state index in [0.717, 1.165) is 5.56 Å². The van der Waals surface area contributed by atoms with Crippen molar-refractivity contribution in [2.24, 2.45) is 0 Å². The van der Waals surface area contributed by atoms with Crippen molar-refractivity contribution in [3.63, 3.8) is 0 Å². The van der Waals surface area contributed by atoms with Crippen molar-refractivity contribution in [1.82, 2.24) is 5.32 Å². The number of para-hydroxylation sites is 1. The molecule has 0 radical (unpaired) electrons. The van der Waals surface area contributed by atoms with E-state index in [9.17, 15) is 4.79 Å². The zero-order chi connectivity index (χ0) is 21.1. The van der Waals surface area contributed by atoms with Gasteiger partial charge >= 0.3 is 33.9 Å². The average molecular weight is 421 g/mol. The summed E-state index contributed by atoms with van der Waals surface area (Å²) in [6.07, 6.45) is 0. The number of rotatable bonds is 6. The Morgan fingerprint density at radius 1 is 0.964 bits per heavy atom. The van der Waals surface area contributed by atoms with E-state index in [1.54, 1.807) is 19.2 Å². The second-order valence-corrected chi connectivity index (χ2v) is 4.65. The molecule has 0 saturated carbocycles. The quantitative estimate of drug-likeness (QED) is 0.440. The third-order valence-electron chi connectivity index (χ3n) is 3.11. The van der Waals surface area contributed by atoms with Crippen molar-refractivity contribution in [2.45, 2.75) is 13.0 Å². The van der Waals surface area contributed by atoms with Crippen molar-refractivity contribution in [1.29, 1.82) is 0 Å². The first-order valence-corrected chi connectivity index (χ1v) is 7.40. The van der Waals surface area contributed by atoms with Gasteiger partial charge in [0.15, 0.2) is 6.79 Å². The van der Waals surface area contributed by atoms with E-state index in [0.29, 0.717) is 11.3 Å². The molecule has 8 heteroatoms. The standard InChI is InChI=1S/C17H19NO3.3CO.Cr/c1-13(14-8-4-3-5-9-14)18-17(19)15-10-6-7-11-16(15)21-12-20-2;3*1-2;/h3-11,13H,12H2,1-2H3,(H,18,19);;;;/t13-;;;;/m1..../s1. The zero-order valence-electron chi connectivity index (χ0n) is 15.3. The van der Waals surface area contributed by atoms with Gasteiger partial charge in [0, 0.05) is 24.5 Å². The molecule has 2 rings (SSSR count). The predicted molar refractivity (Wildman–Crippen MR) is 93.1 cm³/mol. The Bertz CT molecular complexity index is 701. The summed E-state index contributed by atoms with van der Waals surface area (Å²) < 4.78 is 32.8. The summed E-state index contributed by atoms with van der Waals surface area (Å²) in [6, 6.07) is 16.9. The van der Waals surface area contributed by atoms with Crippen LogP contribution in [0.4, 0.5) is 0 Å². The van der Waals surface area contributed by atoms with E-state index in [4.69, 9.17) is 23.4 Å². The van der Waals surface area contributed by atoms with Crippen LogP contribution in [0.25, 0.3) is 0 Å². The number of hydrogen-bond donors (Lipinski definition) is 1. The molecule has 0 aliphatic rings. The van der Waals surface area contributed by atoms with Crippen molar-refractivity contribution in [2.75, 3.05) is 13.9 Å². The second kappa shape index (κ2) is 20.7. The molecular weight excluding hydrogens is 402 g/mol. The van der Waals surface area contributed by atoms with Crippen LogP contribution in [0.1, 0.15) is 28.9 Å². The van der Waals surface area contributed by atoms with Crippen LogP contribution in [0.5, 0.6) is 5.75 Å². The van der Waals surface area contributed by atoms with Gasteiger partial charge in [-0.05, 0) is 24.6 Å². The van der Waals surface area contributed by atoms with Crippen molar-refractivity contribution in [3.8, 4) is 5.75 Å². The number of carbonyl (C=O) groups excluding carboxylic acids is 1. The monoisotopic (exact) mass is 421 g/mol. The summed E-state index contributed by atoms with van der Waals surface area (Å²) in [4.78, 5) is 12.4. The van der Waals surface area contributed by atoms with Crippen LogP contribution in [0.2, 0.25) is 0 Å². The van der Waals surface area contributed by atoms with Gasteiger partial charge in [-0.3, -0.25) is 4.79 Å². The molecule has 7 nitrogen and oxygen atoms in total. The molecular formula is C20H19CrNO6. The van der Waals surface area contributed by atoms with Gasteiger partial charge in [0.25, 0.3) is 5.91 Å². The van der Waals surface area contributed by atoms with Crippen LogP contribution in [0.3, 0.4) is 0 Å². The third-order valence-corrected chi connectivity index (χ3v) is 3.11. The van der Waals surface area contributed by atoms with Gasteiger partial charge in [-0.2, -0.15) is 0 Å². The Hall–Kier alpha value is -2.58. The molecule has 1 N–H and O–H groups in total. The molecule has 2 aromatic carbocycles. The summed E-state index contributed by atoms with van der Waals surface area (Å²) in [5, 5.41) is 2.97. The fraction of sp³-hybridized carbons (Fsp3) is 0.200. The van der Waals surface area contributed by atoms with E-state index in [2.05, 4.69) is 25.3 Å². The Morgan fingerprint density at radius 2 is 1.46 bits per heavy atom. The number of hydrogen-bond acceptors (Lipinski definition) is 3. The van der Waals surface area contributed by atoms with Crippen molar-refractivity contribution >= 4 is 5.91 Å². The number of ether oxygens (including phenoxy) is 2.